The maximum absolute atomic E-state index is 11.3. The highest BCUT2D eigenvalue weighted by molar-refractivity contribution is 8.03. The zero-order chi connectivity index (χ0) is 28.8. The van der Waals surface area contributed by atoms with Gasteiger partial charge in [-0.3, -0.25) is 0 Å². The third-order valence-corrected chi connectivity index (χ3v) is 11.8. The number of hydrogen-bond donors (Lipinski definition) is 1. The number of thiocyanates is 1. The minimum absolute atomic E-state index is 0.418. The van der Waals surface area contributed by atoms with E-state index >= 15 is 0 Å². The number of carboxylic acid groups (broad SMARTS) is 1. The van der Waals surface area contributed by atoms with Crippen LogP contribution in [0, 0.1) is 10.7 Å². The fraction of sp³-hybridized carbons (Fsp3) is 0.917. The Morgan fingerprint density at radius 2 is 1.14 bits per heavy atom. The molecule has 0 spiro atoms. The zero-order valence-electron chi connectivity index (χ0n) is 24.6. The van der Waals surface area contributed by atoms with Crippen LogP contribution in [0.5, 0.6) is 0 Å². The predicted molar refractivity (Wildman–Crippen MR) is 153 cm³/mol. The first-order valence-corrected chi connectivity index (χ1v) is 18.2. The quantitative estimate of drug-likeness (QED) is 0.106. The molecule has 0 heterocycles. The van der Waals surface area contributed by atoms with Crippen molar-refractivity contribution < 1.29 is 36.5 Å². The average Bonchev–Trinajstić information content (AvgIpc) is 2.80. The number of carbonyl (C=O) groups is 1. The average molecular weight is 585 g/mol. The number of amides is 1. The van der Waals surface area contributed by atoms with Crippen LogP contribution in [0.3, 0.4) is 0 Å². The SMILES string of the molecule is CCO[Si](CCCN(C(=O)O)C(C)(C)C)(OCC)OCC.CCO[Si](CCCSC#N)(OCC)OCC. The van der Waals surface area contributed by atoms with Gasteiger partial charge >= 0.3 is 23.7 Å². The number of thioether (sulfide) groups is 1. The molecule has 37 heavy (non-hydrogen) atoms. The standard InChI is InChI=1S/C14H31NO5Si.C10H21NO3SSi/c1-7-18-21(19-8-2,20-9-3)12-10-11-15(13(16)17)14(4,5)6;1-4-12-16(13-5-2,14-6-3)9-7-8-15-10-11/h7-12H2,1-6H3,(H,16,17);4-9H2,1-3H3. The lowest BCUT2D eigenvalue weighted by Gasteiger charge is -2.34. The van der Waals surface area contributed by atoms with Gasteiger partial charge in [-0.15, -0.1) is 0 Å². The van der Waals surface area contributed by atoms with Crippen molar-refractivity contribution in [3.05, 3.63) is 0 Å². The lowest BCUT2D eigenvalue weighted by molar-refractivity contribution is 0.0666. The van der Waals surface area contributed by atoms with E-state index in [-0.39, 0.29) is 0 Å². The molecule has 13 heteroatoms. The molecule has 0 unspecified atom stereocenters. The van der Waals surface area contributed by atoms with Crippen molar-refractivity contribution in [1.82, 2.24) is 4.90 Å². The van der Waals surface area contributed by atoms with Crippen LogP contribution in [-0.4, -0.2) is 91.2 Å². The van der Waals surface area contributed by atoms with Gasteiger partial charge in [0.15, 0.2) is 0 Å². The topological polar surface area (TPSA) is 120 Å². The molecule has 0 saturated carbocycles. The molecule has 1 amide bonds. The van der Waals surface area contributed by atoms with Crippen molar-refractivity contribution in [3.8, 4) is 5.40 Å². The van der Waals surface area contributed by atoms with Crippen molar-refractivity contribution in [3.63, 3.8) is 0 Å². The fourth-order valence-corrected chi connectivity index (χ4v) is 9.42. The molecule has 220 valence electrons. The van der Waals surface area contributed by atoms with Crippen molar-refractivity contribution in [2.75, 3.05) is 51.9 Å². The summed E-state index contributed by atoms with van der Waals surface area (Å²) in [5.74, 6) is 0.804. The lowest BCUT2D eigenvalue weighted by Crippen LogP contribution is -2.48. The molecule has 10 nitrogen and oxygen atoms in total. The first kappa shape index (κ1) is 38.5. The van der Waals surface area contributed by atoms with Crippen LogP contribution in [0.25, 0.3) is 0 Å². The van der Waals surface area contributed by atoms with E-state index in [1.807, 2.05) is 62.3 Å². The molecule has 0 radical (unpaired) electrons. The Hall–Kier alpha value is -0.696. The second-order valence-electron chi connectivity index (χ2n) is 8.72. The molecular formula is C24H52N2O8SSi2. The molecule has 0 aliphatic rings. The summed E-state index contributed by atoms with van der Waals surface area (Å²) in [7, 11) is -5.14. The molecule has 0 aromatic heterocycles. The van der Waals surface area contributed by atoms with Crippen LogP contribution in [0.1, 0.15) is 75.2 Å². The summed E-state index contributed by atoms with van der Waals surface area (Å²) < 4.78 is 34.4. The van der Waals surface area contributed by atoms with Crippen LogP contribution >= 0.6 is 11.8 Å². The summed E-state index contributed by atoms with van der Waals surface area (Å²) in [5, 5.41) is 19.8. The summed E-state index contributed by atoms with van der Waals surface area (Å²) in [6.45, 7) is 21.1. The van der Waals surface area contributed by atoms with Gasteiger partial charge in [0.2, 0.25) is 0 Å². The number of hydrogen-bond acceptors (Lipinski definition) is 9. The smallest absolute Gasteiger partial charge is 0.465 e. The van der Waals surface area contributed by atoms with Crippen molar-refractivity contribution in [2.24, 2.45) is 0 Å². The van der Waals surface area contributed by atoms with Gasteiger partial charge in [0.1, 0.15) is 5.40 Å². The summed E-state index contributed by atoms with van der Waals surface area (Å²) in [4.78, 5) is 12.8. The van der Waals surface area contributed by atoms with Gasteiger partial charge in [0.05, 0.1) is 0 Å². The molecule has 0 rings (SSSR count). The Labute approximate surface area is 232 Å². The third kappa shape index (κ3) is 17.5. The van der Waals surface area contributed by atoms with E-state index in [0.717, 1.165) is 18.2 Å². The molecule has 0 fully saturated rings. The zero-order valence-corrected chi connectivity index (χ0v) is 27.4. The van der Waals surface area contributed by atoms with Crippen LogP contribution in [0.4, 0.5) is 4.79 Å². The highest BCUT2D eigenvalue weighted by Crippen LogP contribution is 2.21. The van der Waals surface area contributed by atoms with Crippen molar-refractivity contribution in [1.29, 1.82) is 5.26 Å². The number of rotatable bonds is 20. The summed E-state index contributed by atoms with van der Waals surface area (Å²) in [6.07, 6.45) is 0.652. The monoisotopic (exact) mass is 584 g/mol. The van der Waals surface area contributed by atoms with Gasteiger partial charge in [0, 0.05) is 69.6 Å². The first-order valence-electron chi connectivity index (χ1n) is 13.3. The molecule has 0 atom stereocenters. The van der Waals surface area contributed by atoms with Gasteiger partial charge < -0.3 is 36.6 Å². The van der Waals surface area contributed by atoms with Crippen molar-refractivity contribution in [2.45, 2.75) is 92.8 Å². The van der Waals surface area contributed by atoms with E-state index in [0.29, 0.717) is 58.7 Å². The second kappa shape index (κ2) is 22.2. The van der Waals surface area contributed by atoms with Crippen molar-refractivity contribution >= 4 is 35.5 Å². The largest absolute Gasteiger partial charge is 0.500 e. The second-order valence-corrected chi connectivity index (χ2v) is 15.1. The fourth-order valence-electron chi connectivity index (χ4n) is 3.58. The molecule has 1 N–H and O–H groups in total. The lowest BCUT2D eigenvalue weighted by atomic mass is 10.1. The maximum atomic E-state index is 11.3. The molecule has 0 aliphatic heterocycles. The van der Waals surface area contributed by atoms with Crippen LogP contribution in [0.15, 0.2) is 0 Å². The minimum atomic E-state index is -2.68. The van der Waals surface area contributed by atoms with Gasteiger partial charge in [-0.05, 0) is 86.9 Å². The molecule has 0 aromatic rings. The Balaban J connectivity index is 0. The highest BCUT2D eigenvalue weighted by Gasteiger charge is 2.41. The van der Waals surface area contributed by atoms with E-state index in [1.165, 1.54) is 16.7 Å². The molecular weight excluding hydrogens is 533 g/mol. The Kier molecular flexibility index (Phi) is 23.0. The molecule has 0 bridgehead atoms. The Morgan fingerprint density at radius 3 is 1.41 bits per heavy atom. The summed E-state index contributed by atoms with van der Waals surface area (Å²) >= 11 is 1.26. The molecule has 0 aromatic carbocycles. The van der Waals surface area contributed by atoms with Gasteiger partial charge in [0.25, 0.3) is 0 Å². The Bertz CT molecular complexity index is 586. The van der Waals surface area contributed by atoms with E-state index < -0.39 is 29.2 Å². The predicted octanol–water partition coefficient (Wildman–Crippen LogP) is 5.84. The third-order valence-electron chi connectivity index (χ3n) is 4.88. The highest BCUT2D eigenvalue weighted by atomic mass is 32.2. The summed E-state index contributed by atoms with van der Waals surface area (Å²) in [5.41, 5.74) is -0.418. The molecule has 0 saturated heterocycles. The first-order chi connectivity index (χ1) is 17.5. The van der Waals surface area contributed by atoms with Crippen LogP contribution in [0.2, 0.25) is 12.1 Å². The van der Waals surface area contributed by atoms with E-state index in [4.69, 9.17) is 31.8 Å². The molecule has 0 aliphatic carbocycles. The number of nitriles is 1. The number of nitrogens with zero attached hydrogens (tertiary/aromatic N) is 2. The maximum Gasteiger partial charge on any atom is 0.500 e. The van der Waals surface area contributed by atoms with E-state index in [2.05, 4.69) is 5.40 Å². The normalized spacial score (nSPS) is 12.0. The van der Waals surface area contributed by atoms with Gasteiger partial charge in [-0.25, -0.2) is 4.79 Å². The minimum Gasteiger partial charge on any atom is -0.465 e. The van der Waals surface area contributed by atoms with E-state index in [1.54, 1.807) is 0 Å². The van der Waals surface area contributed by atoms with Gasteiger partial charge in [-0.2, -0.15) is 5.26 Å². The van der Waals surface area contributed by atoms with Gasteiger partial charge in [-0.1, -0.05) is 0 Å². The van der Waals surface area contributed by atoms with Crippen LogP contribution in [-0.2, 0) is 26.6 Å². The Morgan fingerprint density at radius 1 is 0.784 bits per heavy atom. The van der Waals surface area contributed by atoms with E-state index in [9.17, 15) is 9.90 Å². The van der Waals surface area contributed by atoms with Crippen LogP contribution < -0.4 is 0 Å². The summed E-state index contributed by atoms with van der Waals surface area (Å²) in [6, 6.07) is 1.42.